The zero-order valence-electron chi connectivity index (χ0n) is 10.4. The molecule has 1 N–H and O–H groups in total. The smallest absolute Gasteiger partial charge is 0.388 e. The van der Waals surface area contributed by atoms with Crippen LogP contribution in [0.5, 0.6) is 0 Å². The first-order valence-corrected chi connectivity index (χ1v) is 6.76. The minimum atomic E-state index is -4.36. The van der Waals surface area contributed by atoms with Gasteiger partial charge in [0.1, 0.15) is 0 Å². The molecular formula is C15H12BrF3O. The van der Waals surface area contributed by atoms with Crippen molar-refractivity contribution in [2.45, 2.75) is 18.7 Å². The predicted molar refractivity (Wildman–Crippen MR) is 74.2 cm³/mol. The molecule has 0 fully saturated rings. The third-order valence-corrected chi connectivity index (χ3v) is 3.77. The minimum Gasteiger partial charge on any atom is -0.388 e. The topological polar surface area (TPSA) is 20.2 Å². The van der Waals surface area contributed by atoms with Crippen molar-refractivity contribution in [3.63, 3.8) is 0 Å². The van der Waals surface area contributed by atoms with Gasteiger partial charge in [-0.1, -0.05) is 46.3 Å². The lowest BCUT2D eigenvalue weighted by Gasteiger charge is -2.13. The molecule has 0 radical (unpaired) electrons. The summed E-state index contributed by atoms with van der Waals surface area (Å²) in [4.78, 5) is 0. The van der Waals surface area contributed by atoms with Crippen LogP contribution in [0.15, 0.2) is 53.0 Å². The van der Waals surface area contributed by atoms with Crippen molar-refractivity contribution < 1.29 is 18.3 Å². The van der Waals surface area contributed by atoms with Crippen LogP contribution in [0, 0.1) is 0 Å². The van der Waals surface area contributed by atoms with Gasteiger partial charge in [0.05, 0.1) is 11.7 Å². The van der Waals surface area contributed by atoms with Gasteiger partial charge in [-0.2, -0.15) is 13.2 Å². The largest absolute Gasteiger partial charge is 0.416 e. The lowest BCUT2D eigenvalue weighted by atomic mass is 10.0. The third-order valence-electron chi connectivity index (χ3n) is 2.99. The molecule has 0 spiro atoms. The van der Waals surface area contributed by atoms with Crippen molar-refractivity contribution in [3.8, 4) is 0 Å². The van der Waals surface area contributed by atoms with E-state index in [0.717, 1.165) is 22.2 Å². The number of aliphatic hydroxyl groups excluding tert-OH is 1. The first-order chi connectivity index (χ1) is 9.38. The second-order valence-electron chi connectivity index (χ2n) is 4.43. The lowest BCUT2D eigenvalue weighted by molar-refractivity contribution is -0.137. The fraction of sp³-hybridized carbons (Fsp3) is 0.200. The molecule has 106 valence electrons. The Balaban J connectivity index is 2.14. The number of aliphatic hydroxyl groups is 1. The molecule has 0 aliphatic heterocycles. The van der Waals surface area contributed by atoms with Gasteiger partial charge in [0, 0.05) is 10.9 Å². The van der Waals surface area contributed by atoms with Crippen LogP contribution in [-0.2, 0) is 12.6 Å². The zero-order chi connectivity index (χ0) is 14.8. The molecule has 0 bridgehead atoms. The molecule has 0 aliphatic carbocycles. The SMILES string of the molecule is OC(Cc1ccccc1Br)c1ccc(C(F)(F)F)cc1. The maximum atomic E-state index is 12.5. The van der Waals surface area contributed by atoms with E-state index in [2.05, 4.69) is 15.9 Å². The summed E-state index contributed by atoms with van der Waals surface area (Å²) >= 11 is 3.38. The maximum Gasteiger partial charge on any atom is 0.416 e. The number of hydrogen-bond donors (Lipinski definition) is 1. The molecule has 2 aromatic rings. The average Bonchev–Trinajstić information content (AvgIpc) is 2.40. The van der Waals surface area contributed by atoms with Gasteiger partial charge in [-0.25, -0.2) is 0 Å². The van der Waals surface area contributed by atoms with Crippen LogP contribution in [0.1, 0.15) is 22.8 Å². The van der Waals surface area contributed by atoms with Gasteiger partial charge in [-0.3, -0.25) is 0 Å². The van der Waals surface area contributed by atoms with E-state index in [1.54, 1.807) is 0 Å². The van der Waals surface area contributed by atoms with Gasteiger partial charge in [-0.15, -0.1) is 0 Å². The molecule has 1 unspecified atom stereocenters. The highest BCUT2D eigenvalue weighted by Gasteiger charge is 2.30. The van der Waals surface area contributed by atoms with Crippen molar-refractivity contribution in [1.29, 1.82) is 0 Å². The van der Waals surface area contributed by atoms with Gasteiger partial charge in [-0.05, 0) is 29.3 Å². The molecule has 0 saturated heterocycles. The van der Waals surface area contributed by atoms with Crippen LogP contribution < -0.4 is 0 Å². The predicted octanol–water partition coefficient (Wildman–Crippen LogP) is 4.74. The van der Waals surface area contributed by atoms with E-state index in [1.807, 2.05) is 24.3 Å². The first kappa shape index (κ1) is 15.1. The number of alkyl halides is 3. The molecule has 0 aromatic heterocycles. The summed E-state index contributed by atoms with van der Waals surface area (Å²) < 4.78 is 38.2. The molecule has 0 aliphatic rings. The number of halogens is 4. The van der Waals surface area contributed by atoms with Crippen molar-refractivity contribution >= 4 is 15.9 Å². The summed E-state index contributed by atoms with van der Waals surface area (Å²) in [6.45, 7) is 0. The summed E-state index contributed by atoms with van der Waals surface area (Å²) in [6.07, 6.45) is -4.85. The van der Waals surface area contributed by atoms with Crippen LogP contribution in [0.25, 0.3) is 0 Å². The molecule has 5 heteroatoms. The van der Waals surface area contributed by atoms with E-state index < -0.39 is 17.8 Å². The average molecular weight is 345 g/mol. The highest BCUT2D eigenvalue weighted by atomic mass is 79.9. The van der Waals surface area contributed by atoms with Crippen molar-refractivity contribution in [2.24, 2.45) is 0 Å². The minimum absolute atomic E-state index is 0.340. The summed E-state index contributed by atoms with van der Waals surface area (Å²) in [5.41, 5.74) is 0.656. The maximum absolute atomic E-state index is 12.5. The Morgan fingerprint density at radius 1 is 1.00 bits per heavy atom. The Bertz CT molecular complexity index is 578. The molecular weight excluding hydrogens is 333 g/mol. The standard InChI is InChI=1S/C15H12BrF3O/c16-13-4-2-1-3-11(13)9-14(20)10-5-7-12(8-6-10)15(17,18)19/h1-8,14,20H,9H2. The van der Waals surface area contributed by atoms with E-state index in [-0.39, 0.29) is 0 Å². The summed E-state index contributed by atoms with van der Waals surface area (Å²) in [6, 6.07) is 12.0. The molecule has 1 nitrogen and oxygen atoms in total. The van der Waals surface area contributed by atoms with Gasteiger partial charge < -0.3 is 5.11 Å². The molecule has 1 atom stereocenters. The van der Waals surface area contributed by atoms with E-state index in [9.17, 15) is 18.3 Å². The van der Waals surface area contributed by atoms with Crippen molar-refractivity contribution in [1.82, 2.24) is 0 Å². The number of rotatable bonds is 3. The van der Waals surface area contributed by atoms with Crippen LogP contribution in [0.3, 0.4) is 0 Å². The van der Waals surface area contributed by atoms with Gasteiger partial charge in [0.25, 0.3) is 0 Å². The van der Waals surface area contributed by atoms with Crippen LogP contribution in [-0.4, -0.2) is 5.11 Å². The van der Waals surface area contributed by atoms with Gasteiger partial charge >= 0.3 is 6.18 Å². The van der Waals surface area contributed by atoms with Crippen LogP contribution in [0.4, 0.5) is 13.2 Å². The van der Waals surface area contributed by atoms with Crippen LogP contribution in [0.2, 0.25) is 0 Å². The number of hydrogen-bond acceptors (Lipinski definition) is 1. The Kier molecular flexibility index (Phi) is 4.50. The Hall–Kier alpha value is -1.33. The van der Waals surface area contributed by atoms with Crippen molar-refractivity contribution in [3.05, 3.63) is 69.7 Å². The second-order valence-corrected chi connectivity index (χ2v) is 5.29. The van der Waals surface area contributed by atoms with Gasteiger partial charge in [0.2, 0.25) is 0 Å². The summed E-state index contributed by atoms with van der Waals surface area (Å²) in [7, 11) is 0. The monoisotopic (exact) mass is 344 g/mol. The Labute approximate surface area is 123 Å². The Morgan fingerprint density at radius 2 is 1.60 bits per heavy atom. The van der Waals surface area contributed by atoms with Gasteiger partial charge in [0.15, 0.2) is 0 Å². The first-order valence-electron chi connectivity index (χ1n) is 5.96. The lowest BCUT2D eigenvalue weighted by Crippen LogP contribution is -2.06. The fourth-order valence-electron chi connectivity index (χ4n) is 1.88. The molecule has 2 aromatic carbocycles. The van der Waals surface area contributed by atoms with E-state index in [1.165, 1.54) is 12.1 Å². The molecule has 0 heterocycles. The quantitative estimate of drug-likeness (QED) is 0.852. The second kappa shape index (κ2) is 5.97. The molecule has 20 heavy (non-hydrogen) atoms. The van der Waals surface area contributed by atoms with E-state index >= 15 is 0 Å². The highest BCUT2D eigenvalue weighted by Crippen LogP contribution is 2.30. The summed E-state index contributed by atoms with van der Waals surface area (Å²) in [5.74, 6) is 0. The van der Waals surface area contributed by atoms with E-state index in [0.29, 0.717) is 12.0 Å². The fourth-order valence-corrected chi connectivity index (χ4v) is 2.33. The molecule has 0 saturated carbocycles. The Morgan fingerprint density at radius 3 is 2.15 bits per heavy atom. The normalized spacial score (nSPS) is 13.2. The number of benzene rings is 2. The zero-order valence-corrected chi connectivity index (χ0v) is 11.9. The van der Waals surface area contributed by atoms with Crippen molar-refractivity contribution in [2.75, 3.05) is 0 Å². The third kappa shape index (κ3) is 3.61. The molecule has 2 rings (SSSR count). The molecule has 0 amide bonds. The van der Waals surface area contributed by atoms with Crippen LogP contribution >= 0.6 is 15.9 Å². The van der Waals surface area contributed by atoms with E-state index in [4.69, 9.17) is 0 Å². The summed E-state index contributed by atoms with van der Waals surface area (Å²) in [5, 5.41) is 10.1. The highest BCUT2D eigenvalue weighted by molar-refractivity contribution is 9.10.